The predicted octanol–water partition coefficient (Wildman–Crippen LogP) is 3.01. The number of hydrogen-bond donors (Lipinski definition) is 0. The van der Waals surface area contributed by atoms with Gasteiger partial charge in [-0.1, -0.05) is 33.9 Å². The summed E-state index contributed by atoms with van der Waals surface area (Å²) in [5.41, 5.74) is 0. The van der Waals surface area contributed by atoms with Crippen molar-refractivity contribution in [3.05, 3.63) is 0 Å². The Bertz CT molecular complexity index is 226. The molecule has 0 atom stereocenters. The molecule has 0 saturated heterocycles. The zero-order valence-electron chi connectivity index (χ0n) is 10.6. The molecule has 0 aliphatic heterocycles. The first kappa shape index (κ1) is 14.9. The molecule has 0 aromatic rings. The van der Waals surface area contributed by atoms with Gasteiger partial charge in [-0.05, 0) is 23.7 Å². The third-order valence-corrected chi connectivity index (χ3v) is 9.44. The highest BCUT2D eigenvalue weighted by atomic mass is 35.5. The molecule has 90 valence electrons. The van der Waals surface area contributed by atoms with E-state index in [0.717, 1.165) is 0 Å². The fourth-order valence-electron chi connectivity index (χ4n) is 0.882. The van der Waals surface area contributed by atoms with E-state index in [1.807, 2.05) is 0 Å². The SMILES string of the molecule is CCOC(=O)CN(Cl)[Si](C)(C)C(C)(C)C. The Morgan fingerprint density at radius 1 is 1.40 bits per heavy atom. The Balaban J connectivity index is 4.44. The number of nitrogens with zero attached hydrogens (tertiary/aromatic N) is 1. The van der Waals surface area contributed by atoms with Crippen LogP contribution in [0.5, 0.6) is 0 Å². The van der Waals surface area contributed by atoms with Crippen LogP contribution in [-0.2, 0) is 9.53 Å². The van der Waals surface area contributed by atoms with Gasteiger partial charge in [-0.25, -0.2) is 4.08 Å². The van der Waals surface area contributed by atoms with Crippen LogP contribution in [0, 0.1) is 0 Å². The normalized spacial score (nSPS) is 13.1. The number of rotatable bonds is 4. The summed E-state index contributed by atoms with van der Waals surface area (Å²) in [7, 11) is -1.80. The molecule has 0 aromatic carbocycles. The molecule has 0 aromatic heterocycles. The molecule has 0 unspecified atom stereocenters. The summed E-state index contributed by atoms with van der Waals surface area (Å²) in [4.78, 5) is 11.3. The quantitative estimate of drug-likeness (QED) is 0.437. The highest BCUT2D eigenvalue weighted by molar-refractivity contribution is 6.81. The lowest BCUT2D eigenvalue weighted by molar-refractivity contribution is -0.142. The van der Waals surface area contributed by atoms with Crippen LogP contribution in [0.2, 0.25) is 18.1 Å². The predicted molar refractivity (Wildman–Crippen MR) is 66.4 cm³/mol. The number of esters is 1. The Morgan fingerprint density at radius 2 is 1.87 bits per heavy atom. The van der Waals surface area contributed by atoms with Crippen molar-refractivity contribution in [3.63, 3.8) is 0 Å². The molecule has 15 heavy (non-hydrogen) atoms. The van der Waals surface area contributed by atoms with E-state index in [1.165, 1.54) is 0 Å². The molecule has 0 amide bonds. The monoisotopic (exact) mass is 251 g/mol. The van der Waals surface area contributed by atoms with Crippen LogP contribution < -0.4 is 0 Å². The maximum Gasteiger partial charge on any atom is 0.320 e. The smallest absolute Gasteiger partial charge is 0.320 e. The fourth-order valence-corrected chi connectivity index (χ4v) is 2.99. The minimum absolute atomic E-state index is 0.126. The molecule has 0 aliphatic rings. The van der Waals surface area contributed by atoms with E-state index in [2.05, 4.69) is 33.9 Å². The molecule has 0 radical (unpaired) electrons. The van der Waals surface area contributed by atoms with Crippen molar-refractivity contribution in [2.75, 3.05) is 13.2 Å². The van der Waals surface area contributed by atoms with Gasteiger partial charge in [-0.15, -0.1) is 0 Å². The van der Waals surface area contributed by atoms with Gasteiger partial charge in [0.25, 0.3) is 0 Å². The summed E-state index contributed by atoms with van der Waals surface area (Å²) in [6.07, 6.45) is 0. The third kappa shape index (κ3) is 4.13. The van der Waals surface area contributed by atoms with Crippen molar-refractivity contribution in [1.82, 2.24) is 4.08 Å². The van der Waals surface area contributed by atoms with Crippen LogP contribution in [0.4, 0.5) is 0 Å². The average Bonchev–Trinajstić information content (AvgIpc) is 2.02. The van der Waals surface area contributed by atoms with Crippen molar-refractivity contribution in [3.8, 4) is 0 Å². The second-order valence-corrected chi connectivity index (χ2v) is 11.0. The second-order valence-electron chi connectivity index (χ2n) is 5.13. The Labute approximate surface area is 98.9 Å². The lowest BCUT2D eigenvalue weighted by Gasteiger charge is -2.41. The number of halogens is 1. The Morgan fingerprint density at radius 3 is 2.20 bits per heavy atom. The van der Waals surface area contributed by atoms with Crippen molar-refractivity contribution >= 4 is 26.0 Å². The van der Waals surface area contributed by atoms with E-state index in [-0.39, 0.29) is 17.6 Å². The molecular weight excluding hydrogens is 230 g/mol. The summed E-state index contributed by atoms with van der Waals surface area (Å²) < 4.78 is 6.54. The van der Waals surface area contributed by atoms with Crippen LogP contribution in [0.25, 0.3) is 0 Å². The van der Waals surface area contributed by atoms with Gasteiger partial charge >= 0.3 is 5.97 Å². The van der Waals surface area contributed by atoms with Crippen LogP contribution in [0.1, 0.15) is 27.7 Å². The largest absolute Gasteiger partial charge is 0.465 e. The van der Waals surface area contributed by atoms with E-state index in [4.69, 9.17) is 16.5 Å². The fraction of sp³-hybridized carbons (Fsp3) is 0.900. The van der Waals surface area contributed by atoms with Gasteiger partial charge in [0.1, 0.15) is 14.8 Å². The second kappa shape index (κ2) is 5.32. The van der Waals surface area contributed by atoms with Gasteiger partial charge in [0.2, 0.25) is 0 Å². The molecule has 3 nitrogen and oxygen atoms in total. The average molecular weight is 252 g/mol. The number of carbonyl (C=O) groups is 1. The Kier molecular flexibility index (Phi) is 5.30. The number of carbonyl (C=O) groups excluding carboxylic acids is 1. The molecule has 0 spiro atoms. The first-order chi connectivity index (χ1) is 6.63. The van der Waals surface area contributed by atoms with Crippen molar-refractivity contribution in [2.45, 2.75) is 45.8 Å². The summed E-state index contributed by atoms with van der Waals surface area (Å²) in [5, 5.41) is 0.126. The van der Waals surface area contributed by atoms with Gasteiger partial charge in [0.05, 0.1) is 6.61 Å². The first-order valence-corrected chi connectivity index (χ1v) is 8.50. The highest BCUT2D eigenvalue weighted by Gasteiger charge is 2.41. The van der Waals surface area contributed by atoms with Crippen molar-refractivity contribution in [2.24, 2.45) is 0 Å². The maximum absolute atomic E-state index is 11.3. The maximum atomic E-state index is 11.3. The van der Waals surface area contributed by atoms with Crippen LogP contribution in [0.3, 0.4) is 0 Å². The van der Waals surface area contributed by atoms with Gasteiger partial charge < -0.3 is 4.74 Å². The minimum atomic E-state index is -1.80. The van der Waals surface area contributed by atoms with Gasteiger partial charge in [-0.3, -0.25) is 4.79 Å². The van der Waals surface area contributed by atoms with Gasteiger partial charge in [0.15, 0.2) is 0 Å². The molecule has 0 saturated carbocycles. The number of ether oxygens (including phenoxy) is 1. The number of hydrogen-bond acceptors (Lipinski definition) is 3. The molecule has 5 heteroatoms. The molecule has 0 aliphatic carbocycles. The zero-order chi connectivity index (χ0) is 12.3. The third-order valence-electron chi connectivity index (χ3n) is 3.02. The lowest BCUT2D eigenvalue weighted by atomic mass is 10.2. The van der Waals surface area contributed by atoms with E-state index in [1.54, 1.807) is 11.0 Å². The summed E-state index contributed by atoms with van der Waals surface area (Å²) in [5.74, 6) is -0.252. The van der Waals surface area contributed by atoms with Gasteiger partial charge in [-0.2, -0.15) is 0 Å². The molecule has 0 N–H and O–H groups in total. The molecular formula is C10H22ClNO2Si. The van der Waals surface area contributed by atoms with Gasteiger partial charge in [0, 0.05) is 0 Å². The summed E-state index contributed by atoms with van der Waals surface area (Å²) in [6, 6.07) is 0. The van der Waals surface area contributed by atoms with E-state index in [0.29, 0.717) is 6.61 Å². The molecule has 0 heterocycles. The molecule has 0 rings (SSSR count). The lowest BCUT2D eigenvalue weighted by Crippen LogP contribution is -2.52. The highest BCUT2D eigenvalue weighted by Crippen LogP contribution is 2.38. The molecule has 0 bridgehead atoms. The standard InChI is InChI=1S/C10H22ClNO2Si/c1-7-14-9(13)8-12(11)15(5,6)10(2,3)4/h7-8H2,1-6H3. The topological polar surface area (TPSA) is 29.5 Å². The molecule has 0 fully saturated rings. The van der Waals surface area contributed by atoms with Crippen LogP contribution in [-0.4, -0.2) is 31.4 Å². The minimum Gasteiger partial charge on any atom is -0.465 e. The van der Waals surface area contributed by atoms with E-state index < -0.39 is 8.24 Å². The van der Waals surface area contributed by atoms with Crippen molar-refractivity contribution < 1.29 is 9.53 Å². The van der Waals surface area contributed by atoms with Crippen molar-refractivity contribution in [1.29, 1.82) is 0 Å². The van der Waals surface area contributed by atoms with Crippen LogP contribution in [0.15, 0.2) is 0 Å². The van der Waals surface area contributed by atoms with E-state index in [9.17, 15) is 4.79 Å². The van der Waals surface area contributed by atoms with Crippen LogP contribution >= 0.6 is 11.8 Å². The Hall–Kier alpha value is -0.0631. The van der Waals surface area contributed by atoms with E-state index >= 15 is 0 Å². The summed E-state index contributed by atoms with van der Waals surface area (Å²) in [6.45, 7) is 13.1. The zero-order valence-corrected chi connectivity index (χ0v) is 12.3. The summed E-state index contributed by atoms with van der Waals surface area (Å²) >= 11 is 6.18. The first-order valence-electron chi connectivity index (χ1n) is 5.22.